The molecular weight excluding hydrogens is 230 g/mol. The van der Waals surface area contributed by atoms with Crippen molar-refractivity contribution in [1.29, 1.82) is 0 Å². The van der Waals surface area contributed by atoms with Gasteiger partial charge < -0.3 is 20.3 Å². The van der Waals surface area contributed by atoms with Gasteiger partial charge >= 0.3 is 0 Å². The number of likely N-dealkylation sites (N-methyl/N-ethyl adjacent to an activating group) is 1. The summed E-state index contributed by atoms with van der Waals surface area (Å²) in [7, 11) is 2.09. The van der Waals surface area contributed by atoms with Crippen molar-refractivity contribution in [1.82, 2.24) is 15.5 Å². The van der Waals surface area contributed by atoms with E-state index in [-0.39, 0.29) is 18.1 Å². The molecule has 2 N–H and O–H groups in total. The number of amides is 1. The van der Waals surface area contributed by atoms with Crippen LogP contribution < -0.4 is 10.6 Å². The summed E-state index contributed by atoms with van der Waals surface area (Å²) in [6, 6.07) is -0.0185. The van der Waals surface area contributed by atoms with Crippen molar-refractivity contribution in [3.8, 4) is 0 Å². The van der Waals surface area contributed by atoms with Gasteiger partial charge in [-0.25, -0.2) is 0 Å². The van der Waals surface area contributed by atoms with E-state index < -0.39 is 0 Å². The molecule has 0 aromatic heterocycles. The molecule has 2 saturated heterocycles. The molecule has 2 aliphatic heterocycles. The van der Waals surface area contributed by atoms with E-state index >= 15 is 0 Å². The Morgan fingerprint density at radius 2 is 2.39 bits per heavy atom. The van der Waals surface area contributed by atoms with Crippen LogP contribution in [0.4, 0.5) is 0 Å². The van der Waals surface area contributed by atoms with Crippen LogP contribution in [0.15, 0.2) is 0 Å². The highest BCUT2D eigenvalue weighted by molar-refractivity contribution is 5.81. The van der Waals surface area contributed by atoms with Gasteiger partial charge in [0.1, 0.15) is 0 Å². The molecular formula is C13H25N3O2. The lowest BCUT2D eigenvalue weighted by Crippen LogP contribution is -2.52. The number of ether oxygens (including phenoxy) is 1. The van der Waals surface area contributed by atoms with Crippen LogP contribution in [0.1, 0.15) is 19.8 Å². The molecule has 0 bridgehead atoms. The molecule has 0 aliphatic carbocycles. The van der Waals surface area contributed by atoms with Gasteiger partial charge in [-0.3, -0.25) is 4.79 Å². The van der Waals surface area contributed by atoms with Crippen LogP contribution in [0.5, 0.6) is 0 Å². The Hall–Kier alpha value is -0.650. The van der Waals surface area contributed by atoms with E-state index in [2.05, 4.69) is 29.5 Å². The van der Waals surface area contributed by atoms with Crippen molar-refractivity contribution in [3.05, 3.63) is 0 Å². The molecule has 104 valence electrons. The number of hydrogen-bond donors (Lipinski definition) is 2. The standard InChI is InChI=1S/C13H25N3O2/c1-10-3-4-14-12(7-10)13(17)15-8-11-9-16(2)5-6-18-11/h10-12,14H,3-9H2,1-2H3,(H,15,17). The second-order valence-corrected chi connectivity index (χ2v) is 5.64. The first-order valence-corrected chi connectivity index (χ1v) is 6.96. The highest BCUT2D eigenvalue weighted by atomic mass is 16.5. The molecule has 0 aromatic carbocycles. The predicted molar refractivity (Wildman–Crippen MR) is 70.4 cm³/mol. The molecule has 2 fully saturated rings. The van der Waals surface area contributed by atoms with E-state index in [1.165, 1.54) is 6.42 Å². The molecule has 5 nitrogen and oxygen atoms in total. The van der Waals surface area contributed by atoms with Crippen LogP contribution >= 0.6 is 0 Å². The van der Waals surface area contributed by atoms with Gasteiger partial charge in [0, 0.05) is 19.6 Å². The lowest BCUT2D eigenvalue weighted by Gasteiger charge is -2.31. The van der Waals surface area contributed by atoms with Gasteiger partial charge in [-0.2, -0.15) is 0 Å². The Bertz CT molecular complexity index is 285. The molecule has 0 radical (unpaired) electrons. The number of nitrogens with one attached hydrogen (secondary N) is 2. The maximum Gasteiger partial charge on any atom is 0.237 e. The maximum absolute atomic E-state index is 12.0. The number of piperidine rings is 1. The van der Waals surface area contributed by atoms with Crippen molar-refractivity contribution < 1.29 is 9.53 Å². The SMILES string of the molecule is CC1CCNC(C(=O)NCC2CN(C)CCO2)C1. The van der Waals surface area contributed by atoms with E-state index in [4.69, 9.17) is 4.74 Å². The molecule has 18 heavy (non-hydrogen) atoms. The van der Waals surface area contributed by atoms with Gasteiger partial charge in [0.2, 0.25) is 5.91 Å². The fourth-order valence-electron chi connectivity index (χ4n) is 2.64. The first-order valence-electron chi connectivity index (χ1n) is 6.96. The molecule has 2 rings (SSSR count). The molecule has 0 spiro atoms. The maximum atomic E-state index is 12.0. The van der Waals surface area contributed by atoms with Crippen molar-refractivity contribution in [2.75, 3.05) is 39.8 Å². The summed E-state index contributed by atoms with van der Waals surface area (Å²) in [6.07, 6.45) is 2.24. The Morgan fingerprint density at radius 1 is 1.56 bits per heavy atom. The van der Waals surface area contributed by atoms with Gasteiger partial charge in [0.15, 0.2) is 0 Å². The third-order valence-electron chi connectivity index (χ3n) is 3.83. The smallest absolute Gasteiger partial charge is 0.237 e. The van der Waals surface area contributed by atoms with Gasteiger partial charge in [0.25, 0.3) is 0 Å². The summed E-state index contributed by atoms with van der Waals surface area (Å²) in [5.41, 5.74) is 0. The Labute approximate surface area is 109 Å². The number of carbonyl (C=O) groups is 1. The van der Waals surface area contributed by atoms with Crippen LogP contribution in [-0.4, -0.2) is 62.8 Å². The second kappa shape index (κ2) is 6.50. The predicted octanol–water partition coefficient (Wildman–Crippen LogP) is -0.179. The summed E-state index contributed by atoms with van der Waals surface area (Å²) in [4.78, 5) is 14.3. The number of carbonyl (C=O) groups excluding carboxylic acids is 1. The van der Waals surface area contributed by atoms with Crippen LogP contribution in [0.2, 0.25) is 0 Å². The first kappa shape index (κ1) is 13.8. The molecule has 1 amide bonds. The van der Waals surface area contributed by atoms with Crippen molar-refractivity contribution >= 4 is 5.91 Å². The van der Waals surface area contributed by atoms with E-state index in [0.717, 1.165) is 32.7 Å². The monoisotopic (exact) mass is 255 g/mol. The van der Waals surface area contributed by atoms with Crippen molar-refractivity contribution in [2.45, 2.75) is 31.9 Å². The number of nitrogens with zero attached hydrogens (tertiary/aromatic N) is 1. The minimum Gasteiger partial charge on any atom is -0.374 e. The highest BCUT2D eigenvalue weighted by Crippen LogP contribution is 2.15. The Morgan fingerprint density at radius 3 is 3.11 bits per heavy atom. The summed E-state index contributed by atoms with van der Waals surface area (Å²) >= 11 is 0. The zero-order chi connectivity index (χ0) is 13.0. The largest absolute Gasteiger partial charge is 0.374 e. The second-order valence-electron chi connectivity index (χ2n) is 5.64. The minimum atomic E-state index is -0.0185. The quantitative estimate of drug-likeness (QED) is 0.735. The highest BCUT2D eigenvalue weighted by Gasteiger charge is 2.25. The fourth-order valence-corrected chi connectivity index (χ4v) is 2.64. The first-order chi connectivity index (χ1) is 8.65. The zero-order valence-electron chi connectivity index (χ0n) is 11.4. The van der Waals surface area contributed by atoms with Gasteiger partial charge in [-0.1, -0.05) is 6.92 Å². The van der Waals surface area contributed by atoms with Gasteiger partial charge in [-0.15, -0.1) is 0 Å². The van der Waals surface area contributed by atoms with Gasteiger partial charge in [-0.05, 0) is 32.4 Å². The molecule has 5 heteroatoms. The zero-order valence-corrected chi connectivity index (χ0v) is 11.4. The van der Waals surface area contributed by atoms with Crippen LogP contribution in [0.3, 0.4) is 0 Å². The van der Waals surface area contributed by atoms with Crippen LogP contribution in [-0.2, 0) is 9.53 Å². The van der Waals surface area contributed by atoms with Crippen molar-refractivity contribution in [3.63, 3.8) is 0 Å². The minimum absolute atomic E-state index is 0.0185. The van der Waals surface area contributed by atoms with Crippen molar-refractivity contribution in [2.24, 2.45) is 5.92 Å². The third kappa shape index (κ3) is 3.93. The summed E-state index contributed by atoms with van der Waals surface area (Å²) in [6.45, 7) is 6.41. The summed E-state index contributed by atoms with van der Waals surface area (Å²) in [5.74, 6) is 0.762. The van der Waals surface area contributed by atoms with E-state index in [1.54, 1.807) is 0 Å². The number of rotatable bonds is 3. The van der Waals surface area contributed by atoms with E-state index in [1.807, 2.05) is 0 Å². The third-order valence-corrected chi connectivity index (χ3v) is 3.83. The molecule has 3 atom stereocenters. The normalized spacial score (nSPS) is 34.2. The average Bonchev–Trinajstić information content (AvgIpc) is 2.36. The lowest BCUT2D eigenvalue weighted by atomic mass is 9.94. The summed E-state index contributed by atoms with van der Waals surface area (Å²) in [5, 5.41) is 6.29. The van der Waals surface area contributed by atoms with Crippen LogP contribution in [0, 0.1) is 5.92 Å². The Balaban J connectivity index is 1.70. The number of hydrogen-bond acceptors (Lipinski definition) is 4. The molecule has 2 heterocycles. The molecule has 2 aliphatic rings. The molecule has 0 saturated carbocycles. The number of morpholine rings is 1. The Kier molecular flexibility index (Phi) is 4.97. The average molecular weight is 255 g/mol. The lowest BCUT2D eigenvalue weighted by molar-refractivity contribution is -0.125. The fraction of sp³-hybridized carbons (Fsp3) is 0.923. The van der Waals surface area contributed by atoms with E-state index in [0.29, 0.717) is 12.5 Å². The molecule has 3 unspecified atom stereocenters. The molecule has 0 aromatic rings. The van der Waals surface area contributed by atoms with E-state index in [9.17, 15) is 4.79 Å². The van der Waals surface area contributed by atoms with Crippen LogP contribution in [0.25, 0.3) is 0 Å². The topological polar surface area (TPSA) is 53.6 Å². The van der Waals surface area contributed by atoms with Gasteiger partial charge in [0.05, 0.1) is 18.8 Å². The summed E-state index contributed by atoms with van der Waals surface area (Å²) < 4.78 is 5.63.